The van der Waals surface area contributed by atoms with Gasteiger partial charge in [0, 0.05) is 49.8 Å². The lowest BCUT2D eigenvalue weighted by molar-refractivity contribution is 0.0286. The fraction of sp³-hybridized carbons (Fsp3) is 0.625. The number of rotatable bonds is 4. The average Bonchev–Trinajstić information content (AvgIpc) is 2.44. The molecule has 2 rings (SSSR count). The van der Waals surface area contributed by atoms with Crippen molar-refractivity contribution in [2.24, 2.45) is 5.41 Å². The lowest BCUT2D eigenvalue weighted by Crippen LogP contribution is -2.49. The van der Waals surface area contributed by atoms with Gasteiger partial charge in [-0.3, -0.25) is 4.90 Å². The molecule has 1 heterocycles. The molecule has 1 aliphatic rings. The van der Waals surface area contributed by atoms with E-state index < -0.39 is 0 Å². The van der Waals surface area contributed by atoms with Gasteiger partial charge < -0.3 is 10.4 Å². The standard InChI is InChI=1S/C16H25FN2O.ClH/c1-12-4-5-14(17)13(10-12)15(16(2,3)11-20)19-8-6-18-7-9-19;/h4-5,10,15,18,20H,6-9,11H2,1-3H3;1H/t15-;/m1./s1. The Balaban J connectivity index is 0.00000220. The van der Waals surface area contributed by atoms with E-state index in [0.717, 1.165) is 31.7 Å². The van der Waals surface area contributed by atoms with Crippen LogP contribution in [0.4, 0.5) is 4.39 Å². The predicted octanol–water partition coefficient (Wildman–Crippen LogP) is 2.52. The minimum absolute atomic E-state index is 0. The van der Waals surface area contributed by atoms with Crippen LogP contribution in [0.25, 0.3) is 0 Å². The van der Waals surface area contributed by atoms with Crippen LogP contribution in [0.2, 0.25) is 0 Å². The molecule has 0 bridgehead atoms. The van der Waals surface area contributed by atoms with Gasteiger partial charge in [-0.05, 0) is 13.0 Å². The maximum absolute atomic E-state index is 14.3. The normalized spacial score (nSPS) is 18.1. The Bertz CT molecular complexity index is 462. The van der Waals surface area contributed by atoms with Crippen molar-refractivity contribution < 1.29 is 9.50 Å². The zero-order valence-electron chi connectivity index (χ0n) is 13.0. The third kappa shape index (κ3) is 4.16. The van der Waals surface area contributed by atoms with E-state index in [1.54, 1.807) is 6.07 Å². The minimum atomic E-state index is -0.383. The van der Waals surface area contributed by atoms with E-state index in [0.29, 0.717) is 5.56 Å². The molecule has 0 aliphatic carbocycles. The highest BCUT2D eigenvalue weighted by Gasteiger charge is 2.37. The number of benzene rings is 1. The zero-order valence-corrected chi connectivity index (χ0v) is 13.8. The molecule has 1 aromatic carbocycles. The van der Waals surface area contributed by atoms with E-state index in [-0.39, 0.29) is 36.3 Å². The third-order valence-electron chi connectivity index (χ3n) is 4.11. The number of aliphatic hydroxyl groups excluding tert-OH is 1. The highest BCUT2D eigenvalue weighted by atomic mass is 35.5. The fourth-order valence-electron chi connectivity index (χ4n) is 3.01. The molecule has 0 unspecified atom stereocenters. The lowest BCUT2D eigenvalue weighted by atomic mass is 9.79. The Kier molecular flexibility index (Phi) is 6.60. The molecule has 0 radical (unpaired) electrons. The van der Waals surface area contributed by atoms with Crippen molar-refractivity contribution in [3.63, 3.8) is 0 Å². The second-order valence-electron chi connectivity index (χ2n) is 6.36. The van der Waals surface area contributed by atoms with E-state index in [4.69, 9.17) is 0 Å². The Hall–Kier alpha value is -0.680. The van der Waals surface area contributed by atoms with Crippen molar-refractivity contribution in [2.75, 3.05) is 32.8 Å². The Morgan fingerprint density at radius 3 is 2.52 bits per heavy atom. The van der Waals surface area contributed by atoms with Crippen LogP contribution in [0, 0.1) is 18.2 Å². The van der Waals surface area contributed by atoms with E-state index >= 15 is 0 Å². The number of nitrogens with one attached hydrogen (secondary N) is 1. The molecule has 1 aliphatic heterocycles. The Labute approximate surface area is 132 Å². The SMILES string of the molecule is Cc1ccc(F)c([C@@H](N2CCNCC2)C(C)(C)CO)c1.Cl. The molecule has 0 aromatic heterocycles. The third-order valence-corrected chi connectivity index (χ3v) is 4.11. The molecule has 3 nitrogen and oxygen atoms in total. The number of piperazine rings is 1. The molecule has 1 fully saturated rings. The largest absolute Gasteiger partial charge is 0.396 e. The van der Waals surface area contributed by atoms with Gasteiger partial charge in [-0.1, -0.05) is 31.5 Å². The highest BCUT2D eigenvalue weighted by Crippen LogP contribution is 2.39. The maximum atomic E-state index is 14.3. The summed E-state index contributed by atoms with van der Waals surface area (Å²) in [5, 5.41) is 13.1. The van der Waals surface area contributed by atoms with Crippen molar-refractivity contribution in [2.45, 2.75) is 26.8 Å². The number of aryl methyl sites for hydroxylation is 1. The highest BCUT2D eigenvalue weighted by molar-refractivity contribution is 5.85. The van der Waals surface area contributed by atoms with Gasteiger partial charge in [0.25, 0.3) is 0 Å². The molecule has 1 aromatic rings. The molecule has 0 spiro atoms. The summed E-state index contributed by atoms with van der Waals surface area (Å²) in [6, 6.07) is 5.14. The first-order chi connectivity index (χ1) is 9.45. The van der Waals surface area contributed by atoms with Crippen molar-refractivity contribution in [3.05, 3.63) is 35.1 Å². The molecular formula is C16H26ClFN2O. The zero-order chi connectivity index (χ0) is 14.8. The molecule has 0 amide bonds. The fourth-order valence-corrected chi connectivity index (χ4v) is 3.01. The first-order valence-electron chi connectivity index (χ1n) is 7.27. The summed E-state index contributed by atoms with van der Waals surface area (Å²) in [4.78, 5) is 2.28. The number of hydrogen-bond acceptors (Lipinski definition) is 3. The molecule has 5 heteroatoms. The van der Waals surface area contributed by atoms with Crippen LogP contribution in [-0.2, 0) is 0 Å². The van der Waals surface area contributed by atoms with E-state index in [9.17, 15) is 9.50 Å². The topological polar surface area (TPSA) is 35.5 Å². The van der Waals surface area contributed by atoms with Gasteiger partial charge in [-0.15, -0.1) is 12.4 Å². The lowest BCUT2D eigenvalue weighted by Gasteiger charge is -2.43. The molecule has 0 saturated carbocycles. The van der Waals surface area contributed by atoms with Crippen LogP contribution in [0.5, 0.6) is 0 Å². The average molecular weight is 317 g/mol. The van der Waals surface area contributed by atoms with E-state index in [1.165, 1.54) is 6.07 Å². The van der Waals surface area contributed by atoms with Crippen LogP contribution in [0.1, 0.15) is 31.0 Å². The quantitative estimate of drug-likeness (QED) is 0.896. The number of hydrogen-bond donors (Lipinski definition) is 2. The first-order valence-corrected chi connectivity index (χ1v) is 7.27. The number of halogens is 2. The number of aliphatic hydroxyl groups is 1. The molecule has 1 saturated heterocycles. The molecule has 2 N–H and O–H groups in total. The second kappa shape index (κ2) is 7.54. The van der Waals surface area contributed by atoms with Gasteiger partial charge in [-0.25, -0.2) is 4.39 Å². The summed E-state index contributed by atoms with van der Waals surface area (Å²) >= 11 is 0. The summed E-state index contributed by atoms with van der Waals surface area (Å²) in [6.07, 6.45) is 0. The van der Waals surface area contributed by atoms with Crippen LogP contribution in [0.15, 0.2) is 18.2 Å². The monoisotopic (exact) mass is 316 g/mol. The van der Waals surface area contributed by atoms with Gasteiger partial charge in [0.2, 0.25) is 0 Å². The molecular weight excluding hydrogens is 291 g/mol. The van der Waals surface area contributed by atoms with Crippen molar-refractivity contribution in [1.29, 1.82) is 0 Å². The van der Waals surface area contributed by atoms with Crippen LogP contribution < -0.4 is 5.32 Å². The molecule has 1 atom stereocenters. The smallest absolute Gasteiger partial charge is 0.128 e. The Morgan fingerprint density at radius 2 is 1.95 bits per heavy atom. The van der Waals surface area contributed by atoms with Crippen LogP contribution in [-0.4, -0.2) is 42.8 Å². The van der Waals surface area contributed by atoms with E-state index in [2.05, 4.69) is 10.2 Å². The summed E-state index contributed by atoms with van der Waals surface area (Å²) in [6.45, 7) is 9.58. The van der Waals surface area contributed by atoms with Gasteiger partial charge in [-0.2, -0.15) is 0 Å². The maximum Gasteiger partial charge on any atom is 0.128 e. The minimum Gasteiger partial charge on any atom is -0.396 e. The second-order valence-corrected chi connectivity index (χ2v) is 6.36. The van der Waals surface area contributed by atoms with Crippen molar-refractivity contribution in [3.8, 4) is 0 Å². The molecule has 21 heavy (non-hydrogen) atoms. The summed E-state index contributed by atoms with van der Waals surface area (Å²) in [5.41, 5.74) is 1.37. The predicted molar refractivity (Wildman–Crippen MR) is 86.4 cm³/mol. The summed E-state index contributed by atoms with van der Waals surface area (Å²) in [5.74, 6) is -0.180. The van der Waals surface area contributed by atoms with Gasteiger partial charge in [0.15, 0.2) is 0 Å². The summed E-state index contributed by atoms with van der Waals surface area (Å²) < 4.78 is 14.3. The summed E-state index contributed by atoms with van der Waals surface area (Å²) in [7, 11) is 0. The van der Waals surface area contributed by atoms with Crippen LogP contribution in [0.3, 0.4) is 0 Å². The number of nitrogens with zero attached hydrogens (tertiary/aromatic N) is 1. The van der Waals surface area contributed by atoms with Gasteiger partial charge >= 0.3 is 0 Å². The van der Waals surface area contributed by atoms with Gasteiger partial charge in [0.05, 0.1) is 0 Å². The van der Waals surface area contributed by atoms with Crippen molar-refractivity contribution >= 4 is 12.4 Å². The Morgan fingerprint density at radius 1 is 1.33 bits per heavy atom. The van der Waals surface area contributed by atoms with Crippen molar-refractivity contribution in [1.82, 2.24) is 10.2 Å². The first kappa shape index (κ1) is 18.4. The molecule has 120 valence electrons. The van der Waals surface area contributed by atoms with E-state index in [1.807, 2.05) is 26.8 Å². The van der Waals surface area contributed by atoms with Gasteiger partial charge in [0.1, 0.15) is 5.82 Å². The van der Waals surface area contributed by atoms with Crippen LogP contribution >= 0.6 is 12.4 Å².